The molecule has 0 atom stereocenters. The number of anilines is 1. The minimum Gasteiger partial charge on any atom is -0.352 e. The highest BCUT2D eigenvalue weighted by Gasteiger charge is 2.25. The van der Waals surface area contributed by atoms with Gasteiger partial charge in [0.2, 0.25) is 0 Å². The predicted molar refractivity (Wildman–Crippen MR) is 151 cm³/mol. The molecule has 0 aromatic heterocycles. The number of carbonyl (C=O) groups is 3. The van der Waals surface area contributed by atoms with E-state index in [9.17, 15) is 14.4 Å². The van der Waals surface area contributed by atoms with Crippen LogP contribution in [-0.4, -0.2) is 30.4 Å². The number of halogens is 1. The molecular formula is C31H35FN4O3. The van der Waals surface area contributed by atoms with Gasteiger partial charge in [0.25, 0.3) is 11.8 Å². The van der Waals surface area contributed by atoms with Gasteiger partial charge in [0.15, 0.2) is 0 Å². The second-order valence-electron chi connectivity index (χ2n) is 11.2. The first-order valence-corrected chi connectivity index (χ1v) is 13.1. The summed E-state index contributed by atoms with van der Waals surface area (Å²) in [4.78, 5) is 38.5. The fourth-order valence-corrected chi connectivity index (χ4v) is 4.00. The van der Waals surface area contributed by atoms with E-state index in [-0.39, 0.29) is 28.8 Å². The molecule has 0 radical (unpaired) electrons. The monoisotopic (exact) mass is 530 g/mol. The molecule has 8 heteroatoms. The maximum absolute atomic E-state index is 15.0. The van der Waals surface area contributed by atoms with Crippen molar-refractivity contribution in [3.05, 3.63) is 88.7 Å². The Morgan fingerprint density at radius 2 is 1.59 bits per heavy atom. The van der Waals surface area contributed by atoms with Crippen LogP contribution in [0.2, 0.25) is 0 Å². The maximum Gasteiger partial charge on any atom is 0.319 e. The Kier molecular flexibility index (Phi) is 8.33. The molecule has 0 saturated heterocycles. The first-order valence-electron chi connectivity index (χ1n) is 13.1. The Morgan fingerprint density at radius 1 is 0.872 bits per heavy atom. The Labute approximate surface area is 228 Å². The average molecular weight is 531 g/mol. The molecule has 4 rings (SSSR count). The van der Waals surface area contributed by atoms with Crippen molar-refractivity contribution >= 4 is 23.5 Å². The first kappa shape index (κ1) is 27.8. The van der Waals surface area contributed by atoms with Crippen LogP contribution in [0.4, 0.5) is 14.9 Å². The molecule has 4 amide bonds. The van der Waals surface area contributed by atoms with Crippen molar-refractivity contribution in [2.24, 2.45) is 5.41 Å². The fourth-order valence-electron chi connectivity index (χ4n) is 4.00. The lowest BCUT2D eigenvalue weighted by molar-refractivity contribution is 0.0935. The second-order valence-corrected chi connectivity index (χ2v) is 11.2. The van der Waals surface area contributed by atoms with Crippen LogP contribution in [0.15, 0.2) is 60.7 Å². The van der Waals surface area contributed by atoms with Crippen molar-refractivity contribution in [3.8, 4) is 11.1 Å². The number of carbonyl (C=O) groups excluding carboxylic acids is 3. The van der Waals surface area contributed by atoms with Crippen molar-refractivity contribution in [1.82, 2.24) is 16.0 Å². The number of hydrogen-bond donors (Lipinski definition) is 4. The van der Waals surface area contributed by atoms with Crippen LogP contribution in [0.3, 0.4) is 0 Å². The number of hydrogen-bond acceptors (Lipinski definition) is 3. The van der Waals surface area contributed by atoms with Gasteiger partial charge in [-0.25, -0.2) is 9.18 Å². The lowest BCUT2D eigenvalue weighted by Crippen LogP contribution is -2.32. The van der Waals surface area contributed by atoms with Crippen molar-refractivity contribution in [2.45, 2.75) is 53.1 Å². The summed E-state index contributed by atoms with van der Waals surface area (Å²) in [5, 5.41) is 11.4. The molecule has 39 heavy (non-hydrogen) atoms. The van der Waals surface area contributed by atoms with Crippen molar-refractivity contribution in [3.63, 3.8) is 0 Å². The third-order valence-corrected chi connectivity index (χ3v) is 6.41. The summed E-state index contributed by atoms with van der Waals surface area (Å²) in [7, 11) is 0. The molecule has 4 N–H and O–H groups in total. The third-order valence-electron chi connectivity index (χ3n) is 6.41. The zero-order valence-corrected chi connectivity index (χ0v) is 22.8. The van der Waals surface area contributed by atoms with Gasteiger partial charge in [-0.05, 0) is 66.1 Å². The topological polar surface area (TPSA) is 99.3 Å². The third kappa shape index (κ3) is 7.66. The Bertz CT molecular complexity index is 1380. The zero-order chi connectivity index (χ0) is 28.2. The van der Waals surface area contributed by atoms with E-state index in [0.717, 1.165) is 18.4 Å². The lowest BCUT2D eigenvalue weighted by Gasteiger charge is -2.20. The van der Waals surface area contributed by atoms with Gasteiger partial charge in [-0.15, -0.1) is 0 Å². The Hall–Kier alpha value is -4.20. The van der Waals surface area contributed by atoms with Crippen molar-refractivity contribution in [1.29, 1.82) is 0 Å². The van der Waals surface area contributed by atoms with Gasteiger partial charge < -0.3 is 21.3 Å². The van der Waals surface area contributed by atoms with Crippen LogP contribution >= 0.6 is 0 Å². The van der Waals surface area contributed by atoms with Gasteiger partial charge in [-0.2, -0.15) is 0 Å². The quantitative estimate of drug-likeness (QED) is 0.297. The van der Waals surface area contributed by atoms with Crippen LogP contribution in [0.25, 0.3) is 11.1 Å². The van der Waals surface area contributed by atoms with Gasteiger partial charge in [0.1, 0.15) is 5.82 Å². The van der Waals surface area contributed by atoms with Gasteiger partial charge >= 0.3 is 6.03 Å². The zero-order valence-electron chi connectivity index (χ0n) is 22.8. The van der Waals surface area contributed by atoms with E-state index in [4.69, 9.17) is 0 Å². The standard InChI is InChI=1S/C31H35FN4O3/c1-19-25(14-22(15-26(19)32)29(38)35-23-11-12-23)24-13-10-21(28(37)34-18-31(2,3)4)16-27(24)36-30(39)33-17-20-8-6-5-7-9-20/h5-10,13-16,23H,11-12,17-18H2,1-4H3,(H,34,37)(H,35,38)(H2,33,36,39). The summed E-state index contributed by atoms with van der Waals surface area (Å²) in [6.45, 7) is 8.45. The molecule has 0 aliphatic heterocycles. The van der Waals surface area contributed by atoms with Crippen LogP contribution in [-0.2, 0) is 6.54 Å². The number of rotatable bonds is 8. The fraction of sp³-hybridized carbons (Fsp3) is 0.323. The average Bonchev–Trinajstić information content (AvgIpc) is 3.72. The summed E-state index contributed by atoms with van der Waals surface area (Å²) in [5.74, 6) is -1.16. The maximum atomic E-state index is 15.0. The Balaban J connectivity index is 1.66. The van der Waals surface area contributed by atoms with E-state index in [0.29, 0.717) is 41.0 Å². The summed E-state index contributed by atoms with van der Waals surface area (Å²) in [6.07, 6.45) is 1.83. The molecule has 0 bridgehead atoms. The van der Waals surface area contributed by atoms with Crippen LogP contribution in [0.5, 0.6) is 0 Å². The highest BCUT2D eigenvalue weighted by Crippen LogP contribution is 2.34. The molecule has 204 valence electrons. The number of amides is 4. The highest BCUT2D eigenvalue weighted by molar-refractivity contribution is 6.02. The van der Waals surface area contributed by atoms with Gasteiger partial charge in [0.05, 0.1) is 5.69 Å². The molecule has 0 spiro atoms. The van der Waals surface area contributed by atoms with E-state index < -0.39 is 11.8 Å². The minimum absolute atomic E-state index is 0.107. The van der Waals surface area contributed by atoms with Gasteiger partial charge in [-0.1, -0.05) is 57.2 Å². The molecule has 7 nitrogen and oxygen atoms in total. The summed E-state index contributed by atoms with van der Waals surface area (Å²) < 4.78 is 15.0. The van der Waals surface area contributed by atoms with E-state index in [1.165, 1.54) is 6.07 Å². The lowest BCUT2D eigenvalue weighted by atomic mass is 9.94. The Morgan fingerprint density at radius 3 is 2.26 bits per heavy atom. The molecule has 1 fully saturated rings. The van der Waals surface area contributed by atoms with E-state index >= 15 is 4.39 Å². The first-order chi connectivity index (χ1) is 18.5. The van der Waals surface area contributed by atoms with Crippen LogP contribution in [0.1, 0.15) is 65.5 Å². The molecule has 0 heterocycles. The number of nitrogens with one attached hydrogen (secondary N) is 4. The number of benzene rings is 3. The summed E-state index contributed by atoms with van der Waals surface area (Å²) in [5.41, 5.74) is 2.97. The van der Waals surface area contributed by atoms with Crippen molar-refractivity contribution < 1.29 is 18.8 Å². The molecular weight excluding hydrogens is 495 g/mol. The van der Waals surface area contributed by atoms with Crippen LogP contribution < -0.4 is 21.3 Å². The largest absolute Gasteiger partial charge is 0.352 e. The van der Waals surface area contributed by atoms with Gasteiger partial charge in [0, 0.05) is 35.8 Å². The molecule has 1 aliphatic carbocycles. The van der Waals surface area contributed by atoms with Crippen molar-refractivity contribution in [2.75, 3.05) is 11.9 Å². The summed E-state index contributed by atoms with van der Waals surface area (Å²) in [6, 6.07) is 16.8. The minimum atomic E-state index is -0.528. The van der Waals surface area contributed by atoms with E-state index in [2.05, 4.69) is 21.3 Å². The van der Waals surface area contributed by atoms with E-state index in [1.54, 1.807) is 31.2 Å². The molecule has 0 unspecified atom stereocenters. The second kappa shape index (κ2) is 11.7. The normalized spacial score (nSPS) is 12.9. The molecule has 1 aliphatic rings. The molecule has 3 aromatic carbocycles. The predicted octanol–water partition coefficient (Wildman–Crippen LogP) is 5.79. The molecule has 1 saturated carbocycles. The number of urea groups is 1. The van der Waals surface area contributed by atoms with Crippen LogP contribution in [0, 0.1) is 18.2 Å². The smallest absolute Gasteiger partial charge is 0.319 e. The van der Waals surface area contributed by atoms with Gasteiger partial charge in [-0.3, -0.25) is 9.59 Å². The summed E-state index contributed by atoms with van der Waals surface area (Å²) >= 11 is 0. The SMILES string of the molecule is Cc1c(F)cc(C(=O)NC2CC2)cc1-c1ccc(C(=O)NCC(C)(C)C)cc1NC(=O)NCc1ccccc1. The molecule has 3 aromatic rings. The highest BCUT2D eigenvalue weighted by atomic mass is 19.1. The van der Waals surface area contributed by atoms with E-state index in [1.807, 2.05) is 51.1 Å².